The molecule has 0 radical (unpaired) electrons. The van der Waals surface area contributed by atoms with Crippen LogP contribution in [0.4, 0.5) is 19.1 Å². The minimum atomic E-state index is -4.19. The Morgan fingerprint density at radius 3 is 2.52 bits per heavy atom. The molecule has 1 aliphatic carbocycles. The molecule has 11 heteroatoms. The van der Waals surface area contributed by atoms with E-state index in [1.165, 1.54) is 0 Å². The number of alkyl halides is 3. The molecular weight excluding hydrogens is 435 g/mol. The van der Waals surface area contributed by atoms with Crippen molar-refractivity contribution in [1.29, 1.82) is 0 Å². The number of fused-ring (bicyclic) bond motifs is 1. The highest BCUT2D eigenvalue weighted by Crippen LogP contribution is 2.50. The first kappa shape index (κ1) is 21.9. The van der Waals surface area contributed by atoms with Gasteiger partial charge in [0.25, 0.3) is 0 Å². The third kappa shape index (κ3) is 4.21. The van der Waals surface area contributed by atoms with Crippen molar-refractivity contribution in [1.82, 2.24) is 30.1 Å². The van der Waals surface area contributed by atoms with Crippen molar-refractivity contribution in [2.24, 2.45) is 5.92 Å². The number of hydrogen-bond acceptors (Lipinski definition) is 8. The Morgan fingerprint density at radius 2 is 1.79 bits per heavy atom. The van der Waals surface area contributed by atoms with E-state index in [0.717, 1.165) is 22.6 Å². The van der Waals surface area contributed by atoms with Gasteiger partial charge in [-0.2, -0.15) is 28.4 Å². The molecule has 33 heavy (non-hydrogen) atoms. The van der Waals surface area contributed by atoms with Crippen LogP contribution in [0, 0.1) is 26.7 Å². The number of aryl methyl sites for hydroxylation is 3. The predicted molar refractivity (Wildman–Crippen MR) is 114 cm³/mol. The first-order chi connectivity index (χ1) is 15.7. The van der Waals surface area contributed by atoms with Crippen LogP contribution in [-0.2, 0) is 4.74 Å². The van der Waals surface area contributed by atoms with E-state index in [4.69, 9.17) is 9.72 Å². The average Bonchev–Trinajstić information content (AvgIpc) is 2.73. The predicted octanol–water partition coefficient (Wildman–Crippen LogP) is 3.77. The van der Waals surface area contributed by atoms with Crippen LogP contribution in [0.25, 0.3) is 11.2 Å². The van der Waals surface area contributed by atoms with E-state index in [-0.39, 0.29) is 24.9 Å². The molecule has 0 amide bonds. The van der Waals surface area contributed by atoms with Gasteiger partial charge in [0, 0.05) is 18.0 Å². The fourth-order valence-corrected chi connectivity index (χ4v) is 4.36. The summed E-state index contributed by atoms with van der Waals surface area (Å²) < 4.78 is 45.3. The standard InChI is InChI=1S/C22H24F3N7O/c1-11-6-15(9-26-31-11)17-10-32(4-5-33-17)21-29-18(14-7-16(8-14)22(23,24)25)19-20(30-21)28-13(3)12(2)27-19/h6,9,14,16-17H,4-5,7-8,10H2,1-3H3/t14-,16-,17-/m1/s1. The van der Waals surface area contributed by atoms with E-state index in [2.05, 4.69) is 25.1 Å². The number of ether oxygens (including phenoxy) is 1. The molecule has 4 heterocycles. The Morgan fingerprint density at radius 1 is 1.03 bits per heavy atom. The van der Waals surface area contributed by atoms with Crippen LogP contribution in [0.2, 0.25) is 0 Å². The van der Waals surface area contributed by atoms with Gasteiger partial charge in [0.15, 0.2) is 5.65 Å². The Bertz CT molecular complexity index is 1200. The van der Waals surface area contributed by atoms with Gasteiger partial charge < -0.3 is 9.64 Å². The Kier molecular flexibility index (Phi) is 5.38. The first-order valence-corrected chi connectivity index (χ1v) is 10.9. The van der Waals surface area contributed by atoms with Gasteiger partial charge in [0.1, 0.15) is 11.6 Å². The molecule has 2 fully saturated rings. The van der Waals surface area contributed by atoms with E-state index in [1.54, 1.807) is 6.20 Å². The van der Waals surface area contributed by atoms with Crippen LogP contribution < -0.4 is 4.90 Å². The summed E-state index contributed by atoms with van der Waals surface area (Å²) in [6.45, 7) is 7.05. The molecule has 8 nitrogen and oxygen atoms in total. The molecule has 0 aromatic carbocycles. The van der Waals surface area contributed by atoms with E-state index < -0.39 is 12.1 Å². The van der Waals surface area contributed by atoms with Gasteiger partial charge in [-0.25, -0.2) is 15.0 Å². The number of nitrogens with zero attached hydrogens (tertiary/aromatic N) is 7. The van der Waals surface area contributed by atoms with E-state index in [0.29, 0.717) is 42.5 Å². The third-order valence-electron chi connectivity index (χ3n) is 6.46. The minimum absolute atomic E-state index is 0.0113. The summed E-state index contributed by atoms with van der Waals surface area (Å²) in [7, 11) is 0. The van der Waals surface area contributed by atoms with Crippen LogP contribution >= 0.6 is 0 Å². The summed E-state index contributed by atoms with van der Waals surface area (Å²) in [4.78, 5) is 20.6. The van der Waals surface area contributed by atoms with Crippen molar-refractivity contribution in [3.63, 3.8) is 0 Å². The van der Waals surface area contributed by atoms with E-state index in [1.807, 2.05) is 31.7 Å². The molecular formula is C22H24F3N7O. The molecule has 1 saturated heterocycles. The van der Waals surface area contributed by atoms with Gasteiger partial charge in [0.2, 0.25) is 5.95 Å². The van der Waals surface area contributed by atoms with Gasteiger partial charge in [-0.3, -0.25) is 0 Å². The van der Waals surface area contributed by atoms with Crippen molar-refractivity contribution in [2.75, 3.05) is 24.6 Å². The molecule has 0 unspecified atom stereocenters. The lowest BCUT2D eigenvalue weighted by Gasteiger charge is -2.37. The van der Waals surface area contributed by atoms with Gasteiger partial charge in [-0.05, 0) is 39.7 Å². The van der Waals surface area contributed by atoms with Crippen LogP contribution in [0.5, 0.6) is 0 Å². The zero-order valence-corrected chi connectivity index (χ0v) is 18.6. The summed E-state index contributed by atoms with van der Waals surface area (Å²) in [6.07, 6.45) is -2.72. The molecule has 3 aromatic rings. The summed E-state index contributed by atoms with van der Waals surface area (Å²) in [5.74, 6) is -1.18. The highest BCUT2D eigenvalue weighted by Gasteiger charge is 2.49. The molecule has 3 aromatic heterocycles. The fourth-order valence-electron chi connectivity index (χ4n) is 4.36. The molecule has 174 valence electrons. The second-order valence-electron chi connectivity index (χ2n) is 8.82. The third-order valence-corrected chi connectivity index (χ3v) is 6.46. The molecule has 0 bridgehead atoms. The van der Waals surface area contributed by atoms with Crippen LogP contribution in [-0.4, -0.2) is 56.0 Å². The SMILES string of the molecule is Cc1cc([C@H]2CN(c3nc4nc(C)c(C)nc4c([C@H]4C[C@H](C(F)(F)F)C4)n3)CCO2)cnn1. The van der Waals surface area contributed by atoms with Crippen molar-refractivity contribution < 1.29 is 17.9 Å². The van der Waals surface area contributed by atoms with Crippen molar-refractivity contribution in [3.8, 4) is 0 Å². The maximum absolute atomic E-state index is 13.1. The monoisotopic (exact) mass is 459 g/mol. The van der Waals surface area contributed by atoms with Gasteiger partial charge >= 0.3 is 6.18 Å². The Labute approximate surface area is 188 Å². The number of hydrogen-bond donors (Lipinski definition) is 0. The molecule has 1 saturated carbocycles. The fraction of sp³-hybridized carbons (Fsp3) is 0.545. The van der Waals surface area contributed by atoms with Crippen LogP contribution in [0.3, 0.4) is 0 Å². The minimum Gasteiger partial charge on any atom is -0.370 e. The zero-order valence-electron chi connectivity index (χ0n) is 18.6. The van der Waals surface area contributed by atoms with Crippen molar-refractivity contribution in [3.05, 3.63) is 40.6 Å². The summed E-state index contributed by atoms with van der Waals surface area (Å²) in [5.41, 5.74) is 4.62. The highest BCUT2D eigenvalue weighted by molar-refractivity contribution is 5.75. The lowest BCUT2D eigenvalue weighted by Crippen LogP contribution is -2.40. The number of aromatic nitrogens is 6. The Balaban J connectivity index is 1.50. The Hall–Kier alpha value is -2.95. The largest absolute Gasteiger partial charge is 0.391 e. The number of halogens is 3. The summed E-state index contributed by atoms with van der Waals surface area (Å²) in [6, 6.07) is 1.93. The lowest BCUT2D eigenvalue weighted by molar-refractivity contribution is -0.197. The molecule has 0 spiro atoms. The van der Waals surface area contributed by atoms with Crippen LogP contribution in [0.15, 0.2) is 12.3 Å². The molecule has 1 aliphatic heterocycles. The van der Waals surface area contributed by atoms with Crippen molar-refractivity contribution >= 4 is 17.1 Å². The lowest BCUT2D eigenvalue weighted by atomic mass is 9.72. The smallest absolute Gasteiger partial charge is 0.370 e. The topological polar surface area (TPSA) is 89.8 Å². The zero-order chi connectivity index (χ0) is 23.3. The number of anilines is 1. The number of morpholine rings is 1. The first-order valence-electron chi connectivity index (χ1n) is 10.9. The quantitative estimate of drug-likeness (QED) is 0.585. The summed E-state index contributed by atoms with van der Waals surface area (Å²) >= 11 is 0. The van der Waals surface area contributed by atoms with Crippen LogP contribution in [0.1, 0.15) is 53.2 Å². The van der Waals surface area contributed by atoms with E-state index in [9.17, 15) is 13.2 Å². The highest BCUT2D eigenvalue weighted by atomic mass is 19.4. The molecule has 5 rings (SSSR count). The van der Waals surface area contributed by atoms with Gasteiger partial charge in [-0.1, -0.05) is 0 Å². The molecule has 1 atom stereocenters. The molecule has 0 N–H and O–H groups in total. The second-order valence-corrected chi connectivity index (χ2v) is 8.82. The average molecular weight is 459 g/mol. The maximum Gasteiger partial charge on any atom is 0.391 e. The van der Waals surface area contributed by atoms with Gasteiger partial charge in [-0.15, -0.1) is 0 Å². The second kappa shape index (κ2) is 8.12. The maximum atomic E-state index is 13.1. The number of rotatable bonds is 3. The summed E-state index contributed by atoms with van der Waals surface area (Å²) in [5, 5.41) is 8.00. The van der Waals surface area contributed by atoms with Gasteiger partial charge in [0.05, 0.1) is 48.0 Å². The van der Waals surface area contributed by atoms with E-state index >= 15 is 0 Å². The normalized spacial score (nSPS) is 23.6. The molecule has 2 aliphatic rings. The van der Waals surface area contributed by atoms with Crippen molar-refractivity contribution in [2.45, 2.75) is 51.8 Å².